The number of hydrogen-bond donors (Lipinski definition) is 0. The van der Waals surface area contributed by atoms with Gasteiger partial charge < -0.3 is 4.74 Å². The first kappa shape index (κ1) is 20.2. The number of halogens is 1. The summed E-state index contributed by atoms with van der Waals surface area (Å²) in [5.74, 6) is 0.208. The maximum absolute atomic E-state index is 12.8. The summed E-state index contributed by atoms with van der Waals surface area (Å²) >= 11 is 7.69. The lowest BCUT2D eigenvalue weighted by Crippen LogP contribution is -2.44. The Labute approximate surface area is 182 Å². The van der Waals surface area contributed by atoms with Gasteiger partial charge in [0.1, 0.15) is 10.7 Å². The molecule has 0 spiro atoms. The summed E-state index contributed by atoms with van der Waals surface area (Å²) in [7, 11) is 1.55. The number of aromatic nitrogens is 4. The number of anilines is 1. The summed E-state index contributed by atoms with van der Waals surface area (Å²) in [6, 6.07) is 5.58. The molecule has 0 aliphatic heterocycles. The van der Waals surface area contributed by atoms with E-state index < -0.39 is 11.7 Å². The Hall–Kier alpha value is -3.09. The van der Waals surface area contributed by atoms with Crippen molar-refractivity contribution in [2.45, 2.75) is 31.3 Å². The van der Waals surface area contributed by atoms with Gasteiger partial charge in [0.05, 0.1) is 17.5 Å². The fraction of sp³-hybridized carbons (Fsp3) is 0.300. The lowest BCUT2D eigenvalue weighted by molar-refractivity contribution is -0.0527. The second kappa shape index (κ2) is 8.34. The summed E-state index contributed by atoms with van der Waals surface area (Å²) in [6.45, 7) is 0. The van der Waals surface area contributed by atoms with Gasteiger partial charge in [-0.05, 0) is 31.4 Å². The van der Waals surface area contributed by atoms with E-state index in [1.54, 1.807) is 44.0 Å². The van der Waals surface area contributed by atoms with Crippen LogP contribution >= 0.6 is 22.9 Å². The Balaban J connectivity index is 1.48. The van der Waals surface area contributed by atoms with Crippen molar-refractivity contribution in [2.24, 2.45) is 0 Å². The van der Waals surface area contributed by atoms with Gasteiger partial charge in [0.15, 0.2) is 5.60 Å². The summed E-state index contributed by atoms with van der Waals surface area (Å²) in [4.78, 5) is 32.1. The number of carbonyl (C=O) groups excluding carboxylic acids is 1. The van der Waals surface area contributed by atoms with Crippen LogP contribution in [0.25, 0.3) is 10.6 Å². The first-order valence-corrected chi connectivity index (χ1v) is 10.4. The molecular weight excluding hydrogens is 424 g/mol. The Morgan fingerprint density at radius 3 is 2.70 bits per heavy atom. The zero-order valence-corrected chi connectivity index (χ0v) is 17.7. The zero-order valence-electron chi connectivity index (χ0n) is 16.1. The quantitative estimate of drug-likeness (QED) is 0.580. The smallest absolute Gasteiger partial charge is 0.417 e. The van der Waals surface area contributed by atoms with Crippen LogP contribution in [0.1, 0.15) is 29.8 Å². The van der Waals surface area contributed by atoms with Crippen molar-refractivity contribution in [3.8, 4) is 16.6 Å². The lowest BCUT2D eigenvalue weighted by Gasteiger charge is -2.41. The Morgan fingerprint density at radius 2 is 2.07 bits per heavy atom. The minimum atomic E-state index is -0.818. The minimum Gasteiger partial charge on any atom is -0.436 e. The van der Waals surface area contributed by atoms with Gasteiger partial charge in [0.25, 0.3) is 0 Å². The van der Waals surface area contributed by atoms with Crippen molar-refractivity contribution in [1.29, 1.82) is 5.26 Å². The lowest BCUT2D eigenvalue weighted by atomic mass is 9.77. The van der Waals surface area contributed by atoms with Gasteiger partial charge in [-0.25, -0.2) is 24.6 Å². The number of pyridine rings is 1. The van der Waals surface area contributed by atoms with E-state index >= 15 is 0 Å². The molecule has 30 heavy (non-hydrogen) atoms. The fourth-order valence-electron chi connectivity index (χ4n) is 3.13. The number of ether oxygens (including phenoxy) is 1. The molecule has 0 radical (unpaired) electrons. The third kappa shape index (κ3) is 3.84. The molecule has 3 heterocycles. The van der Waals surface area contributed by atoms with E-state index in [-0.39, 0.29) is 5.95 Å². The van der Waals surface area contributed by atoms with E-state index in [1.165, 1.54) is 16.2 Å². The zero-order chi connectivity index (χ0) is 21.1. The van der Waals surface area contributed by atoms with Gasteiger partial charge in [-0.15, -0.1) is 11.3 Å². The molecule has 1 fully saturated rings. The Kier molecular flexibility index (Phi) is 5.61. The van der Waals surface area contributed by atoms with Crippen LogP contribution in [-0.2, 0) is 16.8 Å². The molecule has 1 saturated carbocycles. The van der Waals surface area contributed by atoms with Crippen molar-refractivity contribution >= 4 is 35.0 Å². The fourth-order valence-corrected chi connectivity index (χ4v) is 4.24. The van der Waals surface area contributed by atoms with E-state index in [0.717, 1.165) is 16.3 Å². The van der Waals surface area contributed by atoms with Gasteiger partial charge in [0, 0.05) is 42.3 Å². The highest BCUT2D eigenvalue weighted by molar-refractivity contribution is 7.15. The standard InChI is InChI=1S/C20H17ClN6O2S/c1-27(18-25-10-13(11-26-18)17-24-12-14(30-17)5-8-22)19(28)29-20(6-3-7-20)16-15(21)4-2-9-23-16/h2,4,9-12H,3,5-7H2,1H3. The molecule has 0 aromatic carbocycles. The van der Waals surface area contributed by atoms with Crippen molar-refractivity contribution in [1.82, 2.24) is 19.9 Å². The van der Waals surface area contributed by atoms with Gasteiger partial charge in [-0.1, -0.05) is 11.6 Å². The number of nitriles is 1. The Morgan fingerprint density at radius 1 is 1.30 bits per heavy atom. The Bertz CT molecular complexity index is 1110. The first-order chi connectivity index (χ1) is 14.5. The molecule has 1 amide bonds. The van der Waals surface area contributed by atoms with Crippen molar-refractivity contribution < 1.29 is 9.53 Å². The third-order valence-corrected chi connectivity index (χ3v) is 6.25. The number of nitrogens with zero attached hydrogens (tertiary/aromatic N) is 6. The van der Waals surface area contributed by atoms with Gasteiger partial charge >= 0.3 is 6.09 Å². The van der Waals surface area contributed by atoms with Crippen LogP contribution < -0.4 is 4.90 Å². The maximum Gasteiger partial charge on any atom is 0.417 e. The highest BCUT2D eigenvalue weighted by Gasteiger charge is 2.46. The van der Waals surface area contributed by atoms with Crippen molar-refractivity contribution in [3.63, 3.8) is 0 Å². The van der Waals surface area contributed by atoms with Crippen LogP contribution in [0.3, 0.4) is 0 Å². The molecule has 0 atom stereocenters. The summed E-state index contributed by atoms with van der Waals surface area (Å²) in [5.41, 5.74) is 0.472. The minimum absolute atomic E-state index is 0.208. The van der Waals surface area contributed by atoms with Crippen molar-refractivity contribution in [3.05, 3.63) is 52.5 Å². The monoisotopic (exact) mass is 440 g/mol. The van der Waals surface area contributed by atoms with Crippen LogP contribution in [-0.4, -0.2) is 33.1 Å². The number of hydrogen-bond acceptors (Lipinski definition) is 8. The molecule has 152 valence electrons. The van der Waals surface area contributed by atoms with Crippen LogP contribution in [0.5, 0.6) is 0 Å². The molecule has 3 aromatic rings. The van der Waals surface area contributed by atoms with Gasteiger partial charge in [-0.2, -0.15) is 5.26 Å². The number of thiazole rings is 1. The second-order valence-electron chi connectivity index (χ2n) is 6.85. The van der Waals surface area contributed by atoms with E-state index in [9.17, 15) is 4.79 Å². The molecule has 1 aliphatic carbocycles. The topological polar surface area (TPSA) is 105 Å². The van der Waals surface area contributed by atoms with E-state index in [2.05, 4.69) is 26.0 Å². The van der Waals surface area contributed by atoms with Crippen LogP contribution in [0.4, 0.5) is 10.7 Å². The summed E-state index contributed by atoms with van der Waals surface area (Å²) in [5, 5.41) is 9.98. The number of amides is 1. The summed E-state index contributed by atoms with van der Waals surface area (Å²) in [6.07, 6.45) is 8.49. The molecule has 3 aromatic heterocycles. The van der Waals surface area contributed by atoms with Crippen LogP contribution in [0.15, 0.2) is 36.9 Å². The molecule has 0 saturated heterocycles. The van der Waals surface area contributed by atoms with Gasteiger partial charge in [-0.3, -0.25) is 4.98 Å². The molecule has 0 bridgehead atoms. The highest BCUT2D eigenvalue weighted by atomic mass is 35.5. The molecule has 4 rings (SSSR count). The summed E-state index contributed by atoms with van der Waals surface area (Å²) < 4.78 is 5.82. The molecule has 10 heteroatoms. The SMILES string of the molecule is CN(C(=O)OC1(c2ncccc2Cl)CCC1)c1ncc(-c2ncc(CC#N)s2)cn1. The van der Waals surface area contributed by atoms with E-state index in [1.807, 2.05) is 0 Å². The predicted octanol–water partition coefficient (Wildman–Crippen LogP) is 4.37. The largest absolute Gasteiger partial charge is 0.436 e. The molecule has 0 unspecified atom stereocenters. The van der Waals surface area contributed by atoms with E-state index in [4.69, 9.17) is 21.6 Å². The average molecular weight is 441 g/mol. The number of rotatable bonds is 5. The highest BCUT2D eigenvalue weighted by Crippen LogP contribution is 2.46. The van der Waals surface area contributed by atoms with Crippen molar-refractivity contribution in [2.75, 3.05) is 11.9 Å². The number of carbonyl (C=O) groups is 1. The predicted molar refractivity (Wildman–Crippen MR) is 112 cm³/mol. The van der Waals surface area contributed by atoms with Crippen LogP contribution in [0, 0.1) is 11.3 Å². The maximum atomic E-state index is 12.8. The van der Waals surface area contributed by atoms with Crippen LogP contribution in [0.2, 0.25) is 5.02 Å². The molecule has 0 N–H and O–H groups in total. The van der Waals surface area contributed by atoms with E-state index in [0.29, 0.717) is 35.5 Å². The third-order valence-electron chi connectivity index (χ3n) is 4.90. The average Bonchev–Trinajstić information content (AvgIpc) is 3.20. The normalized spacial score (nSPS) is 14.4. The molecule has 8 nitrogen and oxygen atoms in total. The van der Waals surface area contributed by atoms with Gasteiger partial charge in [0.2, 0.25) is 5.95 Å². The molecular formula is C20H17ClN6O2S. The second-order valence-corrected chi connectivity index (χ2v) is 8.37. The molecule has 1 aliphatic rings. The first-order valence-electron chi connectivity index (χ1n) is 9.24.